The summed E-state index contributed by atoms with van der Waals surface area (Å²) in [5, 5.41) is 11.2. The molecule has 0 saturated heterocycles. The van der Waals surface area contributed by atoms with Crippen molar-refractivity contribution in [3.8, 4) is 0 Å². The molecule has 0 aliphatic carbocycles. The number of carboxylic acid groups (broad SMARTS) is 1. The Labute approximate surface area is 180 Å². The number of aliphatic carboxylic acids is 1. The molecule has 9 heteroatoms. The van der Waals surface area contributed by atoms with Gasteiger partial charge in [0, 0.05) is 6.42 Å². The molecule has 0 rings (SSSR count). The van der Waals surface area contributed by atoms with Gasteiger partial charge in [0.2, 0.25) is 5.91 Å². The summed E-state index contributed by atoms with van der Waals surface area (Å²) in [4.78, 5) is 40.0. The van der Waals surface area contributed by atoms with Gasteiger partial charge in [0.1, 0.15) is 0 Å². The van der Waals surface area contributed by atoms with Crippen molar-refractivity contribution in [2.75, 3.05) is 6.61 Å². The molecule has 0 spiro atoms. The molecule has 1 amide bonds. The fraction of sp³-hybridized carbons (Fsp3) is 0.714. The zero-order chi connectivity index (χ0) is 22.7. The van der Waals surface area contributed by atoms with Crippen LogP contribution >= 0.6 is 7.82 Å². The van der Waals surface area contributed by atoms with Crippen LogP contribution in [0.2, 0.25) is 0 Å². The van der Waals surface area contributed by atoms with Crippen molar-refractivity contribution in [3.05, 3.63) is 24.3 Å². The Morgan fingerprint density at radius 3 is 2.07 bits per heavy atom. The van der Waals surface area contributed by atoms with Crippen LogP contribution in [0.3, 0.4) is 0 Å². The molecule has 4 N–H and O–H groups in total. The number of amides is 1. The van der Waals surface area contributed by atoms with Crippen molar-refractivity contribution >= 4 is 19.7 Å². The summed E-state index contributed by atoms with van der Waals surface area (Å²) in [6.07, 6.45) is 20.7. The average Bonchev–Trinajstić information content (AvgIpc) is 2.67. The van der Waals surface area contributed by atoms with Crippen LogP contribution in [0.25, 0.3) is 0 Å². The van der Waals surface area contributed by atoms with Gasteiger partial charge in [-0.05, 0) is 38.5 Å². The van der Waals surface area contributed by atoms with Crippen molar-refractivity contribution in [1.82, 2.24) is 5.32 Å². The van der Waals surface area contributed by atoms with Crippen molar-refractivity contribution in [2.45, 2.75) is 90.0 Å². The number of carbonyl (C=O) groups excluding carboxylic acids is 1. The molecular weight excluding hydrogens is 409 g/mol. The highest BCUT2D eigenvalue weighted by Gasteiger charge is 2.24. The molecule has 0 bridgehead atoms. The van der Waals surface area contributed by atoms with Gasteiger partial charge < -0.3 is 20.2 Å². The predicted octanol–water partition coefficient (Wildman–Crippen LogP) is 4.48. The number of carboxylic acids is 1. The Kier molecular flexibility index (Phi) is 17.4. The first-order valence-electron chi connectivity index (χ1n) is 10.8. The number of hydrogen-bond donors (Lipinski definition) is 4. The Morgan fingerprint density at radius 2 is 1.50 bits per heavy atom. The van der Waals surface area contributed by atoms with Gasteiger partial charge in [0.25, 0.3) is 0 Å². The zero-order valence-electron chi connectivity index (χ0n) is 18.0. The van der Waals surface area contributed by atoms with E-state index in [1.807, 2.05) is 0 Å². The molecule has 0 saturated carbocycles. The van der Waals surface area contributed by atoms with E-state index in [0.717, 1.165) is 44.9 Å². The van der Waals surface area contributed by atoms with E-state index in [0.29, 0.717) is 6.42 Å². The van der Waals surface area contributed by atoms with E-state index in [2.05, 4.69) is 41.1 Å². The maximum atomic E-state index is 11.8. The number of nitrogens with one attached hydrogen (secondary N) is 1. The monoisotopic (exact) mass is 447 g/mol. The highest BCUT2D eigenvalue weighted by Crippen LogP contribution is 2.35. The first-order chi connectivity index (χ1) is 14.3. The smallest absolute Gasteiger partial charge is 0.469 e. The van der Waals surface area contributed by atoms with Gasteiger partial charge in [0.15, 0.2) is 6.04 Å². The zero-order valence-corrected chi connectivity index (χ0v) is 18.9. The first-order valence-corrected chi connectivity index (χ1v) is 12.3. The lowest BCUT2D eigenvalue weighted by Crippen LogP contribution is -2.43. The van der Waals surface area contributed by atoms with E-state index in [9.17, 15) is 14.2 Å². The van der Waals surface area contributed by atoms with Gasteiger partial charge in [0.05, 0.1) is 6.61 Å². The number of unbranched alkanes of at least 4 members (excludes halogenated alkanes) is 8. The molecule has 0 aliphatic rings. The molecule has 8 nitrogen and oxygen atoms in total. The van der Waals surface area contributed by atoms with Gasteiger partial charge in [-0.1, -0.05) is 63.3 Å². The van der Waals surface area contributed by atoms with Crippen LogP contribution in [0.4, 0.5) is 0 Å². The summed E-state index contributed by atoms with van der Waals surface area (Å²) in [7, 11) is -4.78. The number of allylic oxidation sites excluding steroid dienone is 4. The third kappa shape index (κ3) is 19.8. The molecule has 174 valence electrons. The minimum Gasteiger partial charge on any atom is -0.480 e. The van der Waals surface area contributed by atoms with Gasteiger partial charge in [-0.15, -0.1) is 0 Å². The molecule has 0 radical (unpaired) electrons. The Balaban J connectivity index is 3.68. The number of phosphoric ester groups is 1. The maximum Gasteiger partial charge on any atom is 0.469 e. The summed E-state index contributed by atoms with van der Waals surface area (Å²) in [6.45, 7) is 1.42. The number of hydrogen-bond acceptors (Lipinski definition) is 4. The molecule has 0 aromatic rings. The lowest BCUT2D eigenvalue weighted by Gasteiger charge is -2.15. The summed E-state index contributed by atoms with van der Waals surface area (Å²) in [6, 6.07) is -1.48. The van der Waals surface area contributed by atoms with Crippen LogP contribution < -0.4 is 5.32 Å². The van der Waals surface area contributed by atoms with Gasteiger partial charge in [-0.2, -0.15) is 0 Å². The quantitative estimate of drug-likeness (QED) is 0.130. The standard InChI is InChI=1S/C21H38NO7P/c1-2-3-4-5-6-7-8-9-10-11-12-13-14-15-16-17-20(23)22-19(21(24)25)18-29-30(26,27)28/h6-7,9-10,19H,2-5,8,11-18H2,1H3,(H,22,23)(H,24,25)(H2,26,27,28)/b7-6-,10-9-/t19-/m0/s1. The summed E-state index contributed by atoms with van der Waals surface area (Å²) in [5.74, 6) is -1.88. The molecule has 1 atom stereocenters. The highest BCUT2D eigenvalue weighted by atomic mass is 31.2. The lowest BCUT2D eigenvalue weighted by molar-refractivity contribution is -0.142. The predicted molar refractivity (Wildman–Crippen MR) is 117 cm³/mol. The van der Waals surface area contributed by atoms with Gasteiger partial charge in [-0.25, -0.2) is 9.36 Å². The van der Waals surface area contributed by atoms with Crippen LogP contribution in [0.1, 0.15) is 84.0 Å². The second-order valence-electron chi connectivity index (χ2n) is 7.23. The molecule has 0 unspecified atom stereocenters. The van der Waals surface area contributed by atoms with Crippen molar-refractivity contribution in [3.63, 3.8) is 0 Å². The van der Waals surface area contributed by atoms with E-state index in [4.69, 9.17) is 14.9 Å². The molecule has 0 aliphatic heterocycles. The lowest BCUT2D eigenvalue weighted by atomic mass is 10.1. The fourth-order valence-corrected chi connectivity index (χ4v) is 3.05. The van der Waals surface area contributed by atoms with Crippen molar-refractivity contribution in [1.29, 1.82) is 0 Å². The van der Waals surface area contributed by atoms with E-state index in [1.54, 1.807) is 0 Å². The Morgan fingerprint density at radius 1 is 0.933 bits per heavy atom. The summed E-state index contributed by atoms with van der Waals surface area (Å²) < 4.78 is 14.8. The Bertz CT molecular complexity index is 572. The maximum absolute atomic E-state index is 11.8. The largest absolute Gasteiger partial charge is 0.480 e. The molecule has 0 aromatic carbocycles. The van der Waals surface area contributed by atoms with E-state index >= 15 is 0 Å². The summed E-state index contributed by atoms with van der Waals surface area (Å²) in [5.41, 5.74) is 0. The van der Waals surface area contributed by atoms with Gasteiger partial charge >= 0.3 is 13.8 Å². The molecule has 0 fully saturated rings. The van der Waals surface area contributed by atoms with Crippen LogP contribution in [0.5, 0.6) is 0 Å². The molecule has 0 aromatic heterocycles. The van der Waals surface area contributed by atoms with E-state index in [1.165, 1.54) is 19.3 Å². The second-order valence-corrected chi connectivity index (χ2v) is 8.46. The minimum atomic E-state index is -4.78. The third-order valence-electron chi connectivity index (χ3n) is 4.40. The molecular formula is C21H38NO7P. The van der Waals surface area contributed by atoms with Crippen molar-refractivity contribution in [2.24, 2.45) is 0 Å². The molecule has 0 heterocycles. The summed E-state index contributed by atoms with van der Waals surface area (Å²) >= 11 is 0. The normalized spacial score (nSPS) is 13.2. The number of carbonyl (C=O) groups is 2. The van der Waals surface area contributed by atoms with Gasteiger partial charge in [-0.3, -0.25) is 9.32 Å². The van der Waals surface area contributed by atoms with Crippen LogP contribution in [-0.4, -0.2) is 39.4 Å². The van der Waals surface area contributed by atoms with Crippen LogP contribution in [0.15, 0.2) is 24.3 Å². The van der Waals surface area contributed by atoms with Crippen LogP contribution in [-0.2, 0) is 18.7 Å². The second kappa shape index (κ2) is 18.3. The molecule has 30 heavy (non-hydrogen) atoms. The van der Waals surface area contributed by atoms with Crippen LogP contribution in [0, 0.1) is 0 Å². The SMILES string of the molecule is CCCCC/C=C\C/C=C\CCCCCCCC(=O)N[C@@H](COP(=O)(O)O)C(=O)O. The van der Waals surface area contributed by atoms with E-state index in [-0.39, 0.29) is 6.42 Å². The fourth-order valence-electron chi connectivity index (χ4n) is 2.71. The third-order valence-corrected chi connectivity index (χ3v) is 4.88. The van der Waals surface area contributed by atoms with Crippen molar-refractivity contribution < 1.29 is 33.6 Å². The number of rotatable bonds is 19. The first kappa shape index (κ1) is 28.5. The van der Waals surface area contributed by atoms with E-state index < -0.39 is 32.3 Å². The Hall–Kier alpha value is -1.47. The average molecular weight is 448 g/mol. The minimum absolute atomic E-state index is 0.171. The number of phosphoric acid groups is 1. The topological polar surface area (TPSA) is 133 Å². The highest BCUT2D eigenvalue weighted by molar-refractivity contribution is 7.46.